The molecule has 0 spiro atoms. The first-order valence-electron chi connectivity index (χ1n) is 9.83. The smallest absolute Gasteiger partial charge is 0.275 e. The number of fused-ring (bicyclic) bond motifs is 1. The molecule has 1 aromatic carbocycles. The molecule has 136 valence electrons. The lowest BCUT2D eigenvalue weighted by Crippen LogP contribution is -2.42. The van der Waals surface area contributed by atoms with Crippen molar-refractivity contribution in [3.8, 4) is 5.69 Å². The lowest BCUT2D eigenvalue weighted by Gasteiger charge is -2.29. The highest BCUT2D eigenvalue weighted by Gasteiger charge is 2.43. The molecule has 4 nitrogen and oxygen atoms in total. The first kappa shape index (κ1) is 16.0. The second-order valence-corrected chi connectivity index (χ2v) is 8.04. The Balaban J connectivity index is 1.53. The van der Waals surface area contributed by atoms with Crippen LogP contribution < -0.4 is 0 Å². The zero-order chi connectivity index (χ0) is 17.8. The van der Waals surface area contributed by atoms with Gasteiger partial charge in [-0.2, -0.15) is 5.10 Å². The van der Waals surface area contributed by atoms with Crippen LogP contribution in [0.4, 0.5) is 4.39 Å². The van der Waals surface area contributed by atoms with Crippen molar-refractivity contribution in [2.45, 2.75) is 64.0 Å². The van der Waals surface area contributed by atoms with Crippen molar-refractivity contribution in [3.05, 3.63) is 47.0 Å². The summed E-state index contributed by atoms with van der Waals surface area (Å²) in [7, 11) is 0. The van der Waals surface area contributed by atoms with E-state index in [1.54, 1.807) is 12.1 Å². The first-order valence-corrected chi connectivity index (χ1v) is 9.83. The van der Waals surface area contributed by atoms with E-state index in [1.165, 1.54) is 25.0 Å². The number of nitrogens with zero attached hydrogens (tertiary/aromatic N) is 3. The normalized spacial score (nSPS) is 20.1. The molecule has 0 bridgehead atoms. The second kappa shape index (κ2) is 5.93. The quantitative estimate of drug-likeness (QED) is 0.817. The standard InChI is InChI=1S/C21H24FN3O/c1-13(14-5-6-14)24(16-11-12-16)21(26)20-18-3-2-4-19(18)25(23-20)17-9-7-15(22)8-10-17/h7-10,13-14,16H,2-6,11-12H2,1H3. The van der Waals surface area contributed by atoms with Gasteiger partial charge in [-0.15, -0.1) is 0 Å². The van der Waals surface area contributed by atoms with Gasteiger partial charge in [-0.1, -0.05) is 0 Å². The summed E-state index contributed by atoms with van der Waals surface area (Å²) in [5, 5.41) is 4.73. The molecule has 2 saturated carbocycles. The molecule has 26 heavy (non-hydrogen) atoms. The van der Waals surface area contributed by atoms with E-state index in [2.05, 4.69) is 11.8 Å². The van der Waals surface area contributed by atoms with E-state index in [0.29, 0.717) is 23.7 Å². The lowest BCUT2D eigenvalue weighted by atomic mass is 10.1. The maximum absolute atomic E-state index is 13.4. The molecule has 0 N–H and O–H groups in total. The van der Waals surface area contributed by atoms with Crippen LogP contribution in [0, 0.1) is 11.7 Å². The van der Waals surface area contributed by atoms with E-state index >= 15 is 0 Å². The largest absolute Gasteiger partial charge is 0.331 e. The zero-order valence-corrected chi connectivity index (χ0v) is 15.1. The molecule has 1 aromatic heterocycles. The summed E-state index contributed by atoms with van der Waals surface area (Å²) in [6.45, 7) is 2.20. The molecule has 0 radical (unpaired) electrons. The number of rotatable bonds is 5. The number of amides is 1. The van der Waals surface area contributed by atoms with Crippen molar-refractivity contribution in [1.29, 1.82) is 0 Å². The fourth-order valence-electron chi connectivity index (χ4n) is 4.37. The summed E-state index contributed by atoms with van der Waals surface area (Å²) >= 11 is 0. The molecule has 0 saturated heterocycles. The minimum Gasteiger partial charge on any atom is -0.331 e. The molecule has 3 aliphatic rings. The summed E-state index contributed by atoms with van der Waals surface area (Å²) in [6.07, 6.45) is 7.59. The highest BCUT2D eigenvalue weighted by atomic mass is 19.1. The molecule has 1 amide bonds. The summed E-state index contributed by atoms with van der Waals surface area (Å²) < 4.78 is 15.2. The van der Waals surface area contributed by atoms with Gasteiger partial charge in [-0.05, 0) is 82.1 Å². The molecule has 0 aliphatic heterocycles. The third-order valence-corrected chi connectivity index (χ3v) is 6.12. The number of hydrogen-bond acceptors (Lipinski definition) is 2. The van der Waals surface area contributed by atoms with Gasteiger partial charge in [0.25, 0.3) is 5.91 Å². The Morgan fingerprint density at radius 1 is 1.19 bits per heavy atom. The number of benzene rings is 1. The summed E-state index contributed by atoms with van der Waals surface area (Å²) in [4.78, 5) is 15.6. The first-order chi connectivity index (χ1) is 12.6. The molecule has 5 rings (SSSR count). The van der Waals surface area contributed by atoms with Gasteiger partial charge in [0.05, 0.1) is 5.69 Å². The number of hydrogen-bond donors (Lipinski definition) is 0. The third-order valence-electron chi connectivity index (χ3n) is 6.12. The highest BCUT2D eigenvalue weighted by molar-refractivity contribution is 5.95. The molecule has 1 heterocycles. The highest BCUT2D eigenvalue weighted by Crippen LogP contribution is 2.41. The molecule has 1 atom stereocenters. The predicted octanol–water partition coefficient (Wildman–Crippen LogP) is 3.90. The average Bonchev–Trinajstić information content (AvgIpc) is 3.55. The Morgan fingerprint density at radius 2 is 1.92 bits per heavy atom. The van der Waals surface area contributed by atoms with Crippen LogP contribution in [0.3, 0.4) is 0 Å². The Kier molecular flexibility index (Phi) is 3.66. The van der Waals surface area contributed by atoms with E-state index in [4.69, 9.17) is 5.10 Å². The fourth-order valence-corrected chi connectivity index (χ4v) is 4.37. The minimum absolute atomic E-state index is 0.103. The number of carbonyl (C=O) groups is 1. The molecule has 5 heteroatoms. The zero-order valence-electron chi connectivity index (χ0n) is 15.1. The summed E-state index contributed by atoms with van der Waals surface area (Å²) in [6, 6.07) is 7.08. The topological polar surface area (TPSA) is 38.1 Å². The molecular weight excluding hydrogens is 329 g/mol. The van der Waals surface area contributed by atoms with Crippen molar-refractivity contribution in [3.63, 3.8) is 0 Å². The van der Waals surface area contributed by atoms with Gasteiger partial charge in [0.15, 0.2) is 5.69 Å². The van der Waals surface area contributed by atoms with Crippen molar-refractivity contribution < 1.29 is 9.18 Å². The van der Waals surface area contributed by atoms with E-state index in [0.717, 1.165) is 49.0 Å². The van der Waals surface area contributed by atoms with Crippen molar-refractivity contribution in [2.24, 2.45) is 5.92 Å². The van der Waals surface area contributed by atoms with Gasteiger partial charge < -0.3 is 4.90 Å². The summed E-state index contributed by atoms with van der Waals surface area (Å²) in [5.41, 5.74) is 3.68. The molecule has 2 fully saturated rings. The van der Waals surface area contributed by atoms with E-state index in [-0.39, 0.29) is 11.7 Å². The van der Waals surface area contributed by atoms with Crippen LogP contribution in [0.1, 0.15) is 60.8 Å². The lowest BCUT2D eigenvalue weighted by molar-refractivity contribution is 0.0646. The molecule has 2 aromatic rings. The van der Waals surface area contributed by atoms with Gasteiger partial charge in [-0.25, -0.2) is 9.07 Å². The van der Waals surface area contributed by atoms with Crippen molar-refractivity contribution in [1.82, 2.24) is 14.7 Å². The van der Waals surface area contributed by atoms with Crippen molar-refractivity contribution in [2.75, 3.05) is 0 Å². The Hall–Kier alpha value is -2.17. The second-order valence-electron chi connectivity index (χ2n) is 8.04. The molecular formula is C21H24FN3O. The van der Waals surface area contributed by atoms with Crippen LogP contribution in [-0.2, 0) is 12.8 Å². The minimum atomic E-state index is -0.257. The van der Waals surface area contributed by atoms with Crippen LogP contribution in [0.25, 0.3) is 5.69 Å². The summed E-state index contributed by atoms with van der Waals surface area (Å²) in [5.74, 6) is 0.504. The average molecular weight is 353 g/mol. The van der Waals surface area contributed by atoms with Gasteiger partial charge in [-0.3, -0.25) is 4.79 Å². The van der Waals surface area contributed by atoms with E-state index in [9.17, 15) is 9.18 Å². The molecule has 1 unspecified atom stereocenters. The Bertz CT molecular complexity index is 849. The van der Waals surface area contributed by atoms with Gasteiger partial charge in [0.1, 0.15) is 5.82 Å². The van der Waals surface area contributed by atoms with E-state index < -0.39 is 0 Å². The SMILES string of the molecule is CC(C1CC1)N(C(=O)c1nn(-c2ccc(F)cc2)c2c1CCC2)C1CC1. The van der Waals surface area contributed by atoms with Gasteiger partial charge in [0, 0.05) is 23.3 Å². The third kappa shape index (κ3) is 2.65. The van der Waals surface area contributed by atoms with Crippen LogP contribution in [0.5, 0.6) is 0 Å². The van der Waals surface area contributed by atoms with Crippen LogP contribution in [0.2, 0.25) is 0 Å². The maximum atomic E-state index is 13.4. The molecule has 3 aliphatic carbocycles. The Labute approximate surface area is 153 Å². The number of halogens is 1. The number of carbonyl (C=O) groups excluding carboxylic acids is 1. The maximum Gasteiger partial charge on any atom is 0.275 e. The van der Waals surface area contributed by atoms with Crippen LogP contribution >= 0.6 is 0 Å². The monoisotopic (exact) mass is 353 g/mol. The van der Waals surface area contributed by atoms with Crippen LogP contribution in [0.15, 0.2) is 24.3 Å². The van der Waals surface area contributed by atoms with Gasteiger partial charge >= 0.3 is 0 Å². The fraction of sp³-hybridized carbons (Fsp3) is 0.524. The van der Waals surface area contributed by atoms with Crippen molar-refractivity contribution >= 4 is 5.91 Å². The van der Waals surface area contributed by atoms with Crippen LogP contribution in [-0.4, -0.2) is 32.7 Å². The van der Waals surface area contributed by atoms with E-state index in [1.807, 2.05) is 4.68 Å². The van der Waals surface area contributed by atoms with Gasteiger partial charge in [0.2, 0.25) is 0 Å². The predicted molar refractivity (Wildman–Crippen MR) is 96.9 cm³/mol. The number of aromatic nitrogens is 2. The Morgan fingerprint density at radius 3 is 2.58 bits per heavy atom.